The Hall–Kier alpha value is -1.62. The standard InChI is InChI=1S/C12H17N3O2/c1-17-12(16)9-6-11(8-14-7-9)15-4-2-10(13)3-5-15/h6-8,10H,2-5,13H2,1H3. The molecule has 0 radical (unpaired) electrons. The molecule has 0 aliphatic carbocycles. The van der Waals surface area contributed by atoms with Gasteiger partial charge in [0.2, 0.25) is 0 Å². The molecule has 1 aliphatic heterocycles. The minimum atomic E-state index is -0.354. The average Bonchev–Trinajstić information content (AvgIpc) is 2.39. The zero-order valence-electron chi connectivity index (χ0n) is 9.93. The predicted octanol–water partition coefficient (Wildman–Crippen LogP) is 0.796. The van der Waals surface area contributed by atoms with Crippen LogP contribution < -0.4 is 10.6 Å². The maximum Gasteiger partial charge on any atom is 0.339 e. The molecule has 92 valence electrons. The van der Waals surface area contributed by atoms with Crippen molar-refractivity contribution in [3.63, 3.8) is 0 Å². The molecule has 0 bridgehead atoms. The Balaban J connectivity index is 2.13. The molecule has 17 heavy (non-hydrogen) atoms. The van der Waals surface area contributed by atoms with E-state index in [4.69, 9.17) is 5.73 Å². The molecule has 5 heteroatoms. The molecule has 0 aromatic carbocycles. The largest absolute Gasteiger partial charge is 0.465 e. The van der Waals surface area contributed by atoms with E-state index < -0.39 is 0 Å². The van der Waals surface area contributed by atoms with Crippen LogP contribution in [0.15, 0.2) is 18.5 Å². The predicted molar refractivity (Wildman–Crippen MR) is 65.0 cm³/mol. The number of pyridine rings is 1. The molecule has 1 saturated heterocycles. The number of ether oxygens (including phenoxy) is 1. The number of nitrogens with zero attached hydrogens (tertiary/aromatic N) is 2. The van der Waals surface area contributed by atoms with Crippen molar-refractivity contribution in [2.24, 2.45) is 5.73 Å². The number of carbonyl (C=O) groups excluding carboxylic acids is 1. The van der Waals surface area contributed by atoms with Gasteiger partial charge in [-0.3, -0.25) is 4.98 Å². The van der Waals surface area contributed by atoms with Crippen LogP contribution >= 0.6 is 0 Å². The van der Waals surface area contributed by atoms with Gasteiger partial charge in [0, 0.05) is 25.3 Å². The summed E-state index contributed by atoms with van der Waals surface area (Å²) in [5, 5.41) is 0. The third kappa shape index (κ3) is 2.74. The number of aromatic nitrogens is 1. The zero-order valence-corrected chi connectivity index (χ0v) is 9.93. The van der Waals surface area contributed by atoms with Gasteiger partial charge in [0.05, 0.1) is 24.6 Å². The van der Waals surface area contributed by atoms with Gasteiger partial charge < -0.3 is 15.4 Å². The molecule has 0 saturated carbocycles. The smallest absolute Gasteiger partial charge is 0.339 e. The second-order valence-corrected chi connectivity index (χ2v) is 4.25. The second-order valence-electron chi connectivity index (χ2n) is 4.25. The average molecular weight is 235 g/mol. The highest BCUT2D eigenvalue weighted by Crippen LogP contribution is 2.19. The topological polar surface area (TPSA) is 68.5 Å². The lowest BCUT2D eigenvalue weighted by Crippen LogP contribution is -2.39. The molecule has 1 aliphatic rings. The van der Waals surface area contributed by atoms with E-state index in [-0.39, 0.29) is 5.97 Å². The van der Waals surface area contributed by atoms with Crippen molar-refractivity contribution in [2.45, 2.75) is 18.9 Å². The van der Waals surface area contributed by atoms with Gasteiger partial charge in [-0.05, 0) is 18.9 Å². The summed E-state index contributed by atoms with van der Waals surface area (Å²) in [4.78, 5) is 17.7. The van der Waals surface area contributed by atoms with Crippen LogP contribution in [0.3, 0.4) is 0 Å². The molecule has 2 heterocycles. The number of hydrogen-bond donors (Lipinski definition) is 1. The van der Waals surface area contributed by atoms with Crippen LogP contribution in [-0.4, -0.2) is 37.2 Å². The van der Waals surface area contributed by atoms with Gasteiger partial charge in [-0.2, -0.15) is 0 Å². The lowest BCUT2D eigenvalue weighted by molar-refractivity contribution is 0.0600. The maximum atomic E-state index is 11.4. The number of hydrogen-bond acceptors (Lipinski definition) is 5. The number of anilines is 1. The summed E-state index contributed by atoms with van der Waals surface area (Å²) in [6, 6.07) is 2.11. The van der Waals surface area contributed by atoms with Gasteiger partial charge in [-0.25, -0.2) is 4.79 Å². The van der Waals surface area contributed by atoms with E-state index in [2.05, 4.69) is 14.6 Å². The van der Waals surface area contributed by atoms with Crippen molar-refractivity contribution in [3.05, 3.63) is 24.0 Å². The molecule has 1 fully saturated rings. The fraction of sp³-hybridized carbons (Fsp3) is 0.500. The van der Waals surface area contributed by atoms with Crippen LogP contribution in [0.5, 0.6) is 0 Å². The molecule has 0 amide bonds. The number of carbonyl (C=O) groups is 1. The minimum Gasteiger partial charge on any atom is -0.465 e. The van der Waals surface area contributed by atoms with Gasteiger partial charge in [0.15, 0.2) is 0 Å². The van der Waals surface area contributed by atoms with Crippen LogP contribution in [0.2, 0.25) is 0 Å². The minimum absolute atomic E-state index is 0.294. The fourth-order valence-corrected chi connectivity index (χ4v) is 1.99. The zero-order chi connectivity index (χ0) is 12.3. The lowest BCUT2D eigenvalue weighted by atomic mass is 10.1. The van der Waals surface area contributed by atoms with Crippen LogP contribution in [0.4, 0.5) is 5.69 Å². The summed E-state index contributed by atoms with van der Waals surface area (Å²) < 4.78 is 4.68. The van der Waals surface area contributed by atoms with E-state index in [1.54, 1.807) is 6.20 Å². The number of esters is 1. The molecule has 0 atom stereocenters. The first-order valence-corrected chi connectivity index (χ1v) is 5.74. The first-order valence-electron chi connectivity index (χ1n) is 5.74. The van der Waals surface area contributed by atoms with Crippen molar-refractivity contribution in [1.29, 1.82) is 0 Å². The van der Waals surface area contributed by atoms with Crippen molar-refractivity contribution in [3.8, 4) is 0 Å². The van der Waals surface area contributed by atoms with Crippen molar-refractivity contribution in [1.82, 2.24) is 4.98 Å². The molecule has 0 unspecified atom stereocenters. The molecule has 2 N–H and O–H groups in total. The highest BCUT2D eigenvalue weighted by molar-refractivity contribution is 5.89. The summed E-state index contributed by atoms with van der Waals surface area (Å²) in [7, 11) is 1.37. The summed E-state index contributed by atoms with van der Waals surface area (Å²) >= 11 is 0. The molecular formula is C12H17N3O2. The monoisotopic (exact) mass is 235 g/mol. The molecule has 1 aromatic heterocycles. The Kier molecular flexibility index (Phi) is 3.58. The number of methoxy groups -OCH3 is 1. The Morgan fingerprint density at radius 3 is 2.82 bits per heavy atom. The van der Waals surface area contributed by atoms with E-state index in [1.807, 2.05) is 6.07 Å². The van der Waals surface area contributed by atoms with Gasteiger partial charge in [0.25, 0.3) is 0 Å². The molecule has 1 aromatic rings. The fourth-order valence-electron chi connectivity index (χ4n) is 1.99. The highest BCUT2D eigenvalue weighted by atomic mass is 16.5. The van der Waals surface area contributed by atoms with E-state index in [0.717, 1.165) is 31.6 Å². The SMILES string of the molecule is COC(=O)c1cncc(N2CCC(N)CC2)c1. The highest BCUT2D eigenvalue weighted by Gasteiger charge is 2.17. The molecule has 0 spiro atoms. The van der Waals surface area contributed by atoms with Gasteiger partial charge in [-0.15, -0.1) is 0 Å². The number of piperidine rings is 1. The van der Waals surface area contributed by atoms with Crippen molar-refractivity contribution in [2.75, 3.05) is 25.1 Å². The quantitative estimate of drug-likeness (QED) is 0.768. The molecule has 2 rings (SSSR count). The first kappa shape index (κ1) is 11.9. The summed E-state index contributed by atoms with van der Waals surface area (Å²) in [5.74, 6) is -0.354. The number of nitrogens with two attached hydrogens (primary N) is 1. The lowest BCUT2D eigenvalue weighted by Gasteiger charge is -2.31. The van der Waals surface area contributed by atoms with Crippen LogP contribution in [0, 0.1) is 0 Å². The van der Waals surface area contributed by atoms with Crippen molar-refractivity contribution < 1.29 is 9.53 Å². The first-order chi connectivity index (χ1) is 8.20. The van der Waals surface area contributed by atoms with Crippen LogP contribution in [0.25, 0.3) is 0 Å². The van der Waals surface area contributed by atoms with Gasteiger partial charge in [-0.1, -0.05) is 0 Å². The summed E-state index contributed by atoms with van der Waals surface area (Å²) in [6.45, 7) is 1.82. The third-order valence-corrected chi connectivity index (χ3v) is 3.05. The third-order valence-electron chi connectivity index (χ3n) is 3.05. The van der Waals surface area contributed by atoms with Crippen molar-refractivity contribution >= 4 is 11.7 Å². The van der Waals surface area contributed by atoms with Gasteiger partial charge in [0.1, 0.15) is 0 Å². The second kappa shape index (κ2) is 5.14. The van der Waals surface area contributed by atoms with Gasteiger partial charge >= 0.3 is 5.97 Å². The normalized spacial score (nSPS) is 16.9. The Labute approximate surface area is 101 Å². The van der Waals surface area contributed by atoms with E-state index in [1.165, 1.54) is 13.3 Å². The van der Waals surface area contributed by atoms with E-state index in [0.29, 0.717) is 11.6 Å². The summed E-state index contributed by atoms with van der Waals surface area (Å²) in [5.41, 5.74) is 7.30. The molecule has 5 nitrogen and oxygen atoms in total. The van der Waals surface area contributed by atoms with E-state index >= 15 is 0 Å². The molecular weight excluding hydrogens is 218 g/mol. The number of rotatable bonds is 2. The Bertz CT molecular complexity index is 400. The van der Waals surface area contributed by atoms with Crippen LogP contribution in [0.1, 0.15) is 23.2 Å². The van der Waals surface area contributed by atoms with Crippen LogP contribution in [-0.2, 0) is 4.74 Å². The Morgan fingerprint density at radius 2 is 2.18 bits per heavy atom. The Morgan fingerprint density at radius 1 is 1.47 bits per heavy atom. The summed E-state index contributed by atoms with van der Waals surface area (Å²) in [6.07, 6.45) is 5.24. The van der Waals surface area contributed by atoms with E-state index in [9.17, 15) is 4.79 Å². The maximum absolute atomic E-state index is 11.4.